The van der Waals surface area contributed by atoms with Crippen LogP contribution in [0.5, 0.6) is 5.88 Å². The molecular formula is C15H21N3O. The molecule has 0 saturated carbocycles. The molecule has 0 bridgehead atoms. The fourth-order valence-corrected chi connectivity index (χ4v) is 1.84. The van der Waals surface area contributed by atoms with Gasteiger partial charge in [-0.1, -0.05) is 30.3 Å². The first kappa shape index (κ1) is 13.6. The highest BCUT2D eigenvalue weighted by atomic mass is 16.5. The Morgan fingerprint density at radius 2 is 1.95 bits per heavy atom. The lowest BCUT2D eigenvalue weighted by molar-refractivity contribution is 0.242. The molecule has 19 heavy (non-hydrogen) atoms. The van der Waals surface area contributed by atoms with E-state index in [4.69, 9.17) is 4.74 Å². The molecule has 102 valence electrons. The van der Waals surface area contributed by atoms with Gasteiger partial charge in [-0.05, 0) is 26.6 Å². The summed E-state index contributed by atoms with van der Waals surface area (Å²) in [5, 5.41) is 4.48. The molecule has 0 saturated heterocycles. The average molecular weight is 259 g/mol. The number of rotatable bonds is 6. The second-order valence-electron chi connectivity index (χ2n) is 4.92. The van der Waals surface area contributed by atoms with Crippen molar-refractivity contribution in [1.82, 2.24) is 14.7 Å². The molecule has 0 atom stereocenters. The Morgan fingerprint density at radius 3 is 2.63 bits per heavy atom. The maximum absolute atomic E-state index is 5.80. The second kappa shape index (κ2) is 6.38. The lowest BCUT2D eigenvalue weighted by Crippen LogP contribution is -2.20. The van der Waals surface area contributed by atoms with Crippen molar-refractivity contribution in [2.45, 2.75) is 13.5 Å². The zero-order chi connectivity index (χ0) is 13.7. The molecule has 1 aromatic carbocycles. The van der Waals surface area contributed by atoms with Gasteiger partial charge in [0.1, 0.15) is 6.61 Å². The van der Waals surface area contributed by atoms with Crippen LogP contribution in [0.25, 0.3) is 0 Å². The molecule has 1 aromatic heterocycles. The first-order chi connectivity index (χ1) is 9.15. The highest BCUT2D eigenvalue weighted by Crippen LogP contribution is 2.15. The third kappa shape index (κ3) is 4.10. The average Bonchev–Trinajstić information content (AvgIpc) is 2.70. The molecule has 0 aliphatic rings. The molecule has 0 radical (unpaired) electrons. The van der Waals surface area contributed by atoms with Crippen molar-refractivity contribution in [3.05, 3.63) is 47.7 Å². The quantitative estimate of drug-likeness (QED) is 0.796. The summed E-state index contributed by atoms with van der Waals surface area (Å²) in [6.07, 6.45) is 0. The Bertz CT molecular complexity index is 505. The van der Waals surface area contributed by atoms with Gasteiger partial charge in [-0.15, -0.1) is 0 Å². The van der Waals surface area contributed by atoms with Crippen LogP contribution in [0, 0.1) is 6.92 Å². The van der Waals surface area contributed by atoms with E-state index in [-0.39, 0.29) is 0 Å². The van der Waals surface area contributed by atoms with Crippen LogP contribution in [0.2, 0.25) is 0 Å². The lowest BCUT2D eigenvalue weighted by Gasteiger charge is -2.12. The van der Waals surface area contributed by atoms with Crippen LogP contribution in [0.15, 0.2) is 36.4 Å². The molecular weight excluding hydrogens is 238 g/mol. The van der Waals surface area contributed by atoms with Crippen LogP contribution in [-0.2, 0) is 6.54 Å². The standard InChI is InChI=1S/C15H21N3O/c1-13-11-15(19-10-9-17(2)3)18(16-13)12-14-7-5-4-6-8-14/h4-8,11H,9-10,12H2,1-3H3. The summed E-state index contributed by atoms with van der Waals surface area (Å²) in [6.45, 7) is 4.30. The molecule has 0 fully saturated rings. The number of aromatic nitrogens is 2. The van der Waals surface area contributed by atoms with E-state index in [2.05, 4.69) is 22.1 Å². The fraction of sp³-hybridized carbons (Fsp3) is 0.400. The Labute approximate surface area is 114 Å². The van der Waals surface area contributed by atoms with Gasteiger partial charge >= 0.3 is 0 Å². The maximum Gasteiger partial charge on any atom is 0.212 e. The predicted octanol–water partition coefficient (Wildman–Crippen LogP) is 2.18. The van der Waals surface area contributed by atoms with E-state index in [1.165, 1.54) is 5.56 Å². The van der Waals surface area contributed by atoms with Crippen molar-refractivity contribution < 1.29 is 4.74 Å². The molecule has 0 N–H and O–H groups in total. The van der Waals surface area contributed by atoms with Crippen LogP contribution < -0.4 is 4.74 Å². The minimum absolute atomic E-state index is 0.674. The Morgan fingerprint density at radius 1 is 1.21 bits per heavy atom. The summed E-state index contributed by atoms with van der Waals surface area (Å²) >= 11 is 0. The van der Waals surface area contributed by atoms with Gasteiger partial charge in [-0.2, -0.15) is 5.10 Å². The molecule has 1 heterocycles. The zero-order valence-corrected chi connectivity index (χ0v) is 11.8. The third-order valence-electron chi connectivity index (χ3n) is 2.83. The fourth-order valence-electron chi connectivity index (χ4n) is 1.84. The van der Waals surface area contributed by atoms with Gasteiger partial charge in [-0.25, -0.2) is 4.68 Å². The van der Waals surface area contributed by atoms with Crippen molar-refractivity contribution in [3.8, 4) is 5.88 Å². The molecule has 2 rings (SSSR count). The molecule has 0 aliphatic carbocycles. The molecule has 4 heteroatoms. The summed E-state index contributed by atoms with van der Waals surface area (Å²) in [6, 6.07) is 12.3. The minimum atomic E-state index is 0.674. The van der Waals surface area contributed by atoms with Crippen LogP contribution in [0.3, 0.4) is 0 Å². The Hall–Kier alpha value is -1.81. The smallest absolute Gasteiger partial charge is 0.212 e. The SMILES string of the molecule is Cc1cc(OCCN(C)C)n(Cc2ccccc2)n1. The summed E-state index contributed by atoms with van der Waals surface area (Å²) in [4.78, 5) is 2.10. The first-order valence-corrected chi connectivity index (χ1v) is 6.51. The zero-order valence-electron chi connectivity index (χ0n) is 11.8. The molecule has 4 nitrogen and oxygen atoms in total. The number of likely N-dealkylation sites (N-methyl/N-ethyl adjacent to an activating group) is 1. The van der Waals surface area contributed by atoms with Gasteiger partial charge in [0, 0.05) is 12.6 Å². The van der Waals surface area contributed by atoms with Crippen LogP contribution in [-0.4, -0.2) is 41.9 Å². The highest BCUT2D eigenvalue weighted by Gasteiger charge is 2.07. The van der Waals surface area contributed by atoms with E-state index in [0.717, 1.165) is 24.7 Å². The predicted molar refractivity (Wildman–Crippen MR) is 76.6 cm³/mol. The largest absolute Gasteiger partial charge is 0.476 e. The molecule has 0 amide bonds. The monoisotopic (exact) mass is 259 g/mol. The van der Waals surface area contributed by atoms with Gasteiger partial charge in [-0.3, -0.25) is 0 Å². The number of hydrogen-bond donors (Lipinski definition) is 0. The Balaban J connectivity index is 2.04. The number of ether oxygens (including phenoxy) is 1. The number of aryl methyl sites for hydroxylation is 1. The van der Waals surface area contributed by atoms with E-state index in [1.54, 1.807) is 0 Å². The summed E-state index contributed by atoms with van der Waals surface area (Å²) in [7, 11) is 4.08. The van der Waals surface area contributed by atoms with Gasteiger partial charge in [0.25, 0.3) is 0 Å². The molecule has 0 aliphatic heterocycles. The van der Waals surface area contributed by atoms with Crippen molar-refractivity contribution in [2.75, 3.05) is 27.2 Å². The third-order valence-corrected chi connectivity index (χ3v) is 2.83. The number of nitrogens with zero attached hydrogens (tertiary/aromatic N) is 3. The molecule has 2 aromatic rings. The van der Waals surface area contributed by atoms with E-state index >= 15 is 0 Å². The van der Waals surface area contributed by atoms with Crippen molar-refractivity contribution in [3.63, 3.8) is 0 Å². The van der Waals surface area contributed by atoms with Gasteiger partial charge in [0.2, 0.25) is 5.88 Å². The van der Waals surface area contributed by atoms with Gasteiger partial charge in [0.05, 0.1) is 12.2 Å². The highest BCUT2D eigenvalue weighted by molar-refractivity contribution is 5.20. The maximum atomic E-state index is 5.80. The van der Waals surface area contributed by atoms with Gasteiger partial charge < -0.3 is 9.64 Å². The Kier molecular flexibility index (Phi) is 4.58. The lowest BCUT2D eigenvalue weighted by atomic mass is 10.2. The van der Waals surface area contributed by atoms with E-state index < -0.39 is 0 Å². The molecule has 0 unspecified atom stereocenters. The van der Waals surface area contributed by atoms with Crippen LogP contribution >= 0.6 is 0 Å². The summed E-state index contributed by atoms with van der Waals surface area (Å²) in [5.74, 6) is 0.836. The normalized spacial score (nSPS) is 10.9. The van der Waals surface area contributed by atoms with E-state index in [0.29, 0.717) is 6.61 Å². The van der Waals surface area contributed by atoms with Crippen molar-refractivity contribution >= 4 is 0 Å². The van der Waals surface area contributed by atoms with Crippen molar-refractivity contribution in [1.29, 1.82) is 0 Å². The number of hydrogen-bond acceptors (Lipinski definition) is 3. The molecule has 0 spiro atoms. The summed E-state index contributed by atoms with van der Waals surface area (Å²) < 4.78 is 7.72. The van der Waals surface area contributed by atoms with E-state index in [1.807, 2.05) is 50.0 Å². The van der Waals surface area contributed by atoms with E-state index in [9.17, 15) is 0 Å². The van der Waals surface area contributed by atoms with Crippen LogP contribution in [0.4, 0.5) is 0 Å². The first-order valence-electron chi connectivity index (χ1n) is 6.51. The van der Waals surface area contributed by atoms with Crippen LogP contribution in [0.1, 0.15) is 11.3 Å². The minimum Gasteiger partial charge on any atom is -0.476 e. The second-order valence-corrected chi connectivity index (χ2v) is 4.92. The number of benzene rings is 1. The van der Waals surface area contributed by atoms with Crippen molar-refractivity contribution in [2.24, 2.45) is 0 Å². The summed E-state index contributed by atoms with van der Waals surface area (Å²) in [5.41, 5.74) is 2.21. The van der Waals surface area contributed by atoms with Gasteiger partial charge in [0.15, 0.2) is 0 Å². The topological polar surface area (TPSA) is 30.3 Å².